The van der Waals surface area contributed by atoms with Gasteiger partial charge in [0.2, 0.25) is 0 Å². The van der Waals surface area contributed by atoms with Gasteiger partial charge in [-0.3, -0.25) is 9.79 Å². The number of nitrogens with zero attached hydrogens (tertiary/aromatic N) is 1. The minimum Gasteiger partial charge on any atom is -0.507 e. The monoisotopic (exact) mass is 238 g/mol. The molecule has 0 saturated carbocycles. The van der Waals surface area contributed by atoms with E-state index in [1.165, 1.54) is 19.2 Å². The Labute approximate surface area is 98.3 Å². The zero-order valence-corrected chi connectivity index (χ0v) is 9.51. The molecule has 0 aliphatic carbocycles. The Balaban J connectivity index is 3.44. The van der Waals surface area contributed by atoms with Gasteiger partial charge in [-0.15, -0.1) is 0 Å². The lowest BCUT2D eigenvalue weighted by Crippen LogP contribution is -2.18. The largest absolute Gasteiger partial charge is 0.507 e. The summed E-state index contributed by atoms with van der Waals surface area (Å²) in [6, 6.07) is 2.74. The number of phenols is 1. The maximum absolute atomic E-state index is 11.4. The molecule has 0 radical (unpaired) electrons. The molecule has 0 bridgehead atoms. The quantitative estimate of drug-likeness (QED) is 0.794. The van der Waals surface area contributed by atoms with Gasteiger partial charge in [0.1, 0.15) is 5.75 Å². The van der Waals surface area contributed by atoms with Gasteiger partial charge >= 0.3 is 0 Å². The molecule has 84 valence electrons. The van der Waals surface area contributed by atoms with Crippen LogP contribution in [0.4, 0.5) is 5.69 Å². The number of hydrogen-bond donors (Lipinski definition) is 2. The second-order valence-corrected chi connectivity index (χ2v) is 3.48. The Bertz CT molecular complexity index is 469. The van der Waals surface area contributed by atoms with E-state index in [2.05, 4.69) is 23.6 Å². The first-order valence-corrected chi connectivity index (χ1v) is 4.79. The SMILES string of the molecule is C=Nc1cc(O)c(C(=O)NC)cc1C(=C)Cl. The number of aliphatic imine (C=N–C) groups is 1. The number of phenolic OH excluding ortho intramolecular Hbond substituents is 1. The van der Waals surface area contributed by atoms with Crippen LogP contribution >= 0.6 is 11.6 Å². The lowest BCUT2D eigenvalue weighted by atomic mass is 10.1. The molecule has 0 aromatic heterocycles. The van der Waals surface area contributed by atoms with E-state index in [0.29, 0.717) is 11.3 Å². The van der Waals surface area contributed by atoms with Crippen LogP contribution in [-0.4, -0.2) is 24.8 Å². The van der Waals surface area contributed by atoms with Gasteiger partial charge in [0.25, 0.3) is 5.91 Å². The maximum Gasteiger partial charge on any atom is 0.254 e. The molecule has 4 nitrogen and oxygen atoms in total. The molecule has 2 N–H and O–H groups in total. The van der Waals surface area contributed by atoms with Crippen molar-refractivity contribution >= 4 is 34.9 Å². The van der Waals surface area contributed by atoms with Gasteiger partial charge in [-0.2, -0.15) is 0 Å². The number of hydrogen-bond acceptors (Lipinski definition) is 3. The Kier molecular flexibility index (Phi) is 3.68. The lowest BCUT2D eigenvalue weighted by Gasteiger charge is -2.08. The van der Waals surface area contributed by atoms with Gasteiger partial charge in [0, 0.05) is 23.7 Å². The highest BCUT2D eigenvalue weighted by atomic mass is 35.5. The van der Waals surface area contributed by atoms with Gasteiger partial charge in [-0.1, -0.05) is 18.2 Å². The Hall–Kier alpha value is -1.81. The molecular weight excluding hydrogens is 228 g/mol. The van der Waals surface area contributed by atoms with Crippen molar-refractivity contribution in [1.82, 2.24) is 5.32 Å². The van der Waals surface area contributed by atoms with Crippen molar-refractivity contribution in [3.05, 3.63) is 29.8 Å². The molecule has 1 aromatic rings. The molecule has 1 rings (SSSR count). The van der Waals surface area contributed by atoms with Crippen molar-refractivity contribution in [2.45, 2.75) is 0 Å². The fourth-order valence-electron chi connectivity index (χ4n) is 1.24. The van der Waals surface area contributed by atoms with Crippen LogP contribution in [0.5, 0.6) is 5.75 Å². The number of rotatable bonds is 3. The molecule has 0 unspecified atom stereocenters. The molecule has 1 amide bonds. The van der Waals surface area contributed by atoms with E-state index in [0.717, 1.165) is 0 Å². The summed E-state index contributed by atoms with van der Waals surface area (Å²) in [6.07, 6.45) is 0. The van der Waals surface area contributed by atoms with Crippen LogP contribution in [-0.2, 0) is 0 Å². The van der Waals surface area contributed by atoms with E-state index in [-0.39, 0.29) is 16.3 Å². The summed E-state index contributed by atoms with van der Waals surface area (Å²) in [7, 11) is 1.47. The van der Waals surface area contributed by atoms with Gasteiger partial charge < -0.3 is 10.4 Å². The topological polar surface area (TPSA) is 61.7 Å². The molecule has 0 fully saturated rings. The second-order valence-electron chi connectivity index (χ2n) is 3.03. The Morgan fingerprint density at radius 2 is 2.12 bits per heavy atom. The number of carbonyl (C=O) groups is 1. The molecule has 0 aliphatic rings. The lowest BCUT2D eigenvalue weighted by molar-refractivity contribution is 0.0960. The molecule has 0 spiro atoms. The highest BCUT2D eigenvalue weighted by Crippen LogP contribution is 2.33. The van der Waals surface area contributed by atoms with Crippen molar-refractivity contribution < 1.29 is 9.90 Å². The average Bonchev–Trinajstić information content (AvgIpc) is 2.27. The summed E-state index contributed by atoms with van der Waals surface area (Å²) in [6.45, 7) is 6.90. The van der Waals surface area contributed by atoms with Crippen LogP contribution in [0.2, 0.25) is 0 Å². The van der Waals surface area contributed by atoms with Gasteiger partial charge in [0.15, 0.2) is 0 Å². The molecule has 1 aromatic carbocycles. The number of amides is 1. The van der Waals surface area contributed by atoms with Crippen LogP contribution in [0.25, 0.3) is 5.03 Å². The minimum atomic E-state index is -0.410. The Morgan fingerprint density at radius 1 is 1.50 bits per heavy atom. The fourth-order valence-corrected chi connectivity index (χ4v) is 1.39. The van der Waals surface area contributed by atoms with Gasteiger partial charge in [0.05, 0.1) is 11.3 Å². The predicted molar refractivity (Wildman–Crippen MR) is 65.6 cm³/mol. The van der Waals surface area contributed by atoms with Crippen molar-refractivity contribution in [2.24, 2.45) is 4.99 Å². The van der Waals surface area contributed by atoms with Crippen LogP contribution in [0.15, 0.2) is 23.7 Å². The fraction of sp³-hybridized carbons (Fsp3) is 0.0909. The normalized spacial score (nSPS) is 9.62. The van der Waals surface area contributed by atoms with E-state index in [1.807, 2.05) is 0 Å². The van der Waals surface area contributed by atoms with E-state index in [9.17, 15) is 9.90 Å². The van der Waals surface area contributed by atoms with Crippen LogP contribution in [0.1, 0.15) is 15.9 Å². The average molecular weight is 239 g/mol. The molecular formula is C11H11ClN2O2. The molecule has 5 heteroatoms. The van der Waals surface area contributed by atoms with Gasteiger partial charge in [-0.25, -0.2) is 0 Å². The molecule has 0 heterocycles. The summed E-state index contributed by atoms with van der Waals surface area (Å²) < 4.78 is 0. The van der Waals surface area contributed by atoms with Crippen molar-refractivity contribution in [2.75, 3.05) is 7.05 Å². The summed E-state index contributed by atoms with van der Waals surface area (Å²) in [5.41, 5.74) is 0.963. The molecule has 0 aliphatic heterocycles. The number of benzene rings is 1. The third-order valence-electron chi connectivity index (χ3n) is 2.05. The minimum absolute atomic E-state index is 0.117. The van der Waals surface area contributed by atoms with Crippen molar-refractivity contribution in [3.8, 4) is 5.75 Å². The standard InChI is InChI=1S/C11H11ClN2O2/c1-6(12)7-4-8(11(16)14-3)10(15)5-9(7)13-2/h4-5,15H,1-2H2,3H3,(H,14,16). The highest BCUT2D eigenvalue weighted by Gasteiger charge is 2.14. The molecule has 16 heavy (non-hydrogen) atoms. The summed E-state index contributed by atoms with van der Waals surface area (Å²) in [4.78, 5) is 15.1. The van der Waals surface area contributed by atoms with Gasteiger partial charge in [-0.05, 0) is 12.8 Å². The van der Waals surface area contributed by atoms with E-state index >= 15 is 0 Å². The zero-order chi connectivity index (χ0) is 12.3. The first-order valence-electron chi connectivity index (χ1n) is 4.41. The van der Waals surface area contributed by atoms with Crippen molar-refractivity contribution in [3.63, 3.8) is 0 Å². The third kappa shape index (κ3) is 2.23. The van der Waals surface area contributed by atoms with Crippen LogP contribution in [0.3, 0.4) is 0 Å². The highest BCUT2D eigenvalue weighted by molar-refractivity contribution is 6.48. The zero-order valence-electron chi connectivity index (χ0n) is 8.75. The number of aromatic hydroxyl groups is 1. The predicted octanol–water partition coefficient (Wildman–Crippen LogP) is 2.29. The number of halogens is 1. The summed E-state index contributed by atoms with van der Waals surface area (Å²) in [5.74, 6) is -0.587. The van der Waals surface area contributed by atoms with E-state index in [1.54, 1.807) is 0 Å². The van der Waals surface area contributed by atoms with E-state index in [4.69, 9.17) is 11.6 Å². The molecule has 0 atom stereocenters. The first kappa shape index (κ1) is 12.3. The van der Waals surface area contributed by atoms with Crippen LogP contribution in [0, 0.1) is 0 Å². The molecule has 0 saturated heterocycles. The van der Waals surface area contributed by atoms with Crippen molar-refractivity contribution in [1.29, 1.82) is 0 Å². The summed E-state index contributed by atoms with van der Waals surface area (Å²) in [5, 5.41) is 12.2. The summed E-state index contributed by atoms with van der Waals surface area (Å²) >= 11 is 5.76. The second kappa shape index (κ2) is 4.81. The van der Waals surface area contributed by atoms with E-state index < -0.39 is 5.91 Å². The first-order chi connectivity index (χ1) is 7.51. The number of nitrogens with one attached hydrogen (secondary N) is 1. The number of carbonyl (C=O) groups excluding carboxylic acids is 1. The maximum atomic E-state index is 11.4. The third-order valence-corrected chi connectivity index (χ3v) is 2.25. The Morgan fingerprint density at radius 3 is 2.56 bits per heavy atom. The van der Waals surface area contributed by atoms with Crippen LogP contribution < -0.4 is 5.32 Å². The smallest absolute Gasteiger partial charge is 0.254 e.